The van der Waals surface area contributed by atoms with Gasteiger partial charge in [-0.25, -0.2) is 0 Å². The fourth-order valence-electron chi connectivity index (χ4n) is 4.47. The van der Waals surface area contributed by atoms with Crippen molar-refractivity contribution in [3.8, 4) is 0 Å². The van der Waals surface area contributed by atoms with Crippen LogP contribution in [0, 0.1) is 17.8 Å². The molecular weight excluding hydrogens is 188 g/mol. The standard InChI is InChI=1S/C13H20O2/c1-9(14)15-13-6-2-3-11(8-13)10-4-5-12(13)7-10/h10-12H,2-8H2,1H3/t10-,11-,12+,13+/m0/s1. The topological polar surface area (TPSA) is 26.3 Å². The van der Waals surface area contributed by atoms with Crippen LogP contribution in [0.5, 0.6) is 0 Å². The summed E-state index contributed by atoms with van der Waals surface area (Å²) in [6, 6.07) is 0. The Bertz CT molecular complexity index is 286. The summed E-state index contributed by atoms with van der Waals surface area (Å²) < 4.78 is 5.74. The van der Waals surface area contributed by atoms with Crippen molar-refractivity contribution in [2.75, 3.05) is 0 Å². The van der Waals surface area contributed by atoms with E-state index in [2.05, 4.69) is 0 Å². The lowest BCUT2D eigenvalue weighted by Gasteiger charge is -2.48. The van der Waals surface area contributed by atoms with Crippen molar-refractivity contribution >= 4 is 5.97 Å². The molecule has 0 aromatic carbocycles. The number of ether oxygens (including phenoxy) is 1. The average molecular weight is 208 g/mol. The van der Waals surface area contributed by atoms with Crippen LogP contribution in [0.2, 0.25) is 0 Å². The minimum atomic E-state index is -0.0685. The third-order valence-corrected chi connectivity index (χ3v) is 5.01. The Hall–Kier alpha value is -0.530. The SMILES string of the molecule is CC(=O)O[C@]12CCC[C@@H](C1)[C@H]1CC[C@@H]2C1. The summed E-state index contributed by atoms with van der Waals surface area (Å²) in [4.78, 5) is 11.3. The maximum atomic E-state index is 11.3. The van der Waals surface area contributed by atoms with Crippen molar-refractivity contribution in [3.05, 3.63) is 0 Å². The van der Waals surface area contributed by atoms with E-state index in [-0.39, 0.29) is 11.6 Å². The smallest absolute Gasteiger partial charge is 0.303 e. The first-order chi connectivity index (χ1) is 7.20. The molecule has 2 heteroatoms. The number of esters is 1. The van der Waals surface area contributed by atoms with E-state index in [0.29, 0.717) is 5.92 Å². The van der Waals surface area contributed by atoms with E-state index in [9.17, 15) is 4.79 Å². The summed E-state index contributed by atoms with van der Waals surface area (Å²) in [7, 11) is 0. The first kappa shape index (κ1) is 9.68. The molecule has 84 valence electrons. The molecule has 0 saturated heterocycles. The Morgan fingerprint density at radius 1 is 1.27 bits per heavy atom. The molecular formula is C13H20O2. The molecule has 3 aliphatic carbocycles. The molecule has 0 radical (unpaired) electrons. The lowest BCUT2D eigenvalue weighted by molar-refractivity contribution is -0.176. The van der Waals surface area contributed by atoms with Crippen LogP contribution in [0.4, 0.5) is 0 Å². The molecule has 4 bridgehead atoms. The molecule has 0 amide bonds. The van der Waals surface area contributed by atoms with Crippen molar-refractivity contribution in [2.24, 2.45) is 17.8 Å². The van der Waals surface area contributed by atoms with Gasteiger partial charge < -0.3 is 4.74 Å². The van der Waals surface area contributed by atoms with Crippen LogP contribution in [-0.4, -0.2) is 11.6 Å². The van der Waals surface area contributed by atoms with Gasteiger partial charge in [0.15, 0.2) is 0 Å². The van der Waals surface area contributed by atoms with Gasteiger partial charge in [-0.2, -0.15) is 0 Å². The van der Waals surface area contributed by atoms with Gasteiger partial charge in [0.05, 0.1) is 0 Å². The molecule has 0 spiro atoms. The third kappa shape index (κ3) is 1.41. The molecule has 0 heterocycles. The van der Waals surface area contributed by atoms with Crippen LogP contribution < -0.4 is 0 Å². The lowest BCUT2D eigenvalue weighted by atomic mass is 9.63. The van der Waals surface area contributed by atoms with Gasteiger partial charge in [0.2, 0.25) is 0 Å². The van der Waals surface area contributed by atoms with Crippen LogP contribution in [0.3, 0.4) is 0 Å². The number of carbonyl (C=O) groups excluding carboxylic acids is 1. The maximum Gasteiger partial charge on any atom is 0.303 e. The molecule has 0 aromatic heterocycles. The number of rotatable bonds is 1. The van der Waals surface area contributed by atoms with Gasteiger partial charge in [0.1, 0.15) is 5.60 Å². The third-order valence-electron chi connectivity index (χ3n) is 5.01. The first-order valence-electron chi connectivity index (χ1n) is 6.39. The summed E-state index contributed by atoms with van der Waals surface area (Å²) >= 11 is 0. The molecule has 0 unspecified atom stereocenters. The van der Waals surface area contributed by atoms with Crippen molar-refractivity contribution in [2.45, 2.75) is 57.5 Å². The van der Waals surface area contributed by atoms with E-state index in [0.717, 1.165) is 18.3 Å². The zero-order valence-electron chi connectivity index (χ0n) is 9.50. The molecule has 3 aliphatic rings. The summed E-state index contributed by atoms with van der Waals surface area (Å²) in [5, 5.41) is 0. The van der Waals surface area contributed by atoms with E-state index in [4.69, 9.17) is 4.74 Å². The van der Waals surface area contributed by atoms with Gasteiger partial charge in [0, 0.05) is 6.92 Å². The Morgan fingerprint density at radius 3 is 2.93 bits per heavy atom. The number of hydrogen-bond donors (Lipinski definition) is 0. The van der Waals surface area contributed by atoms with Crippen molar-refractivity contribution in [3.63, 3.8) is 0 Å². The Morgan fingerprint density at radius 2 is 2.13 bits per heavy atom. The maximum absolute atomic E-state index is 11.3. The largest absolute Gasteiger partial charge is 0.459 e. The van der Waals surface area contributed by atoms with E-state index in [1.165, 1.54) is 38.5 Å². The predicted molar refractivity (Wildman–Crippen MR) is 57.3 cm³/mol. The second kappa shape index (κ2) is 3.23. The van der Waals surface area contributed by atoms with E-state index in [1.807, 2.05) is 0 Å². The zero-order valence-corrected chi connectivity index (χ0v) is 9.50. The predicted octanol–water partition coefficient (Wildman–Crippen LogP) is 2.91. The van der Waals surface area contributed by atoms with Gasteiger partial charge in [-0.1, -0.05) is 0 Å². The molecule has 4 atom stereocenters. The molecule has 15 heavy (non-hydrogen) atoms. The van der Waals surface area contributed by atoms with Crippen molar-refractivity contribution < 1.29 is 9.53 Å². The lowest BCUT2D eigenvalue weighted by Crippen LogP contribution is -2.48. The number of carbonyl (C=O) groups is 1. The Balaban J connectivity index is 1.88. The summed E-state index contributed by atoms with van der Waals surface area (Å²) in [5.41, 5.74) is -0.0399. The zero-order chi connectivity index (χ0) is 10.5. The Labute approximate surface area is 91.4 Å². The molecule has 0 N–H and O–H groups in total. The molecule has 0 aromatic rings. The highest BCUT2D eigenvalue weighted by Crippen LogP contribution is 2.57. The van der Waals surface area contributed by atoms with Gasteiger partial charge in [0.25, 0.3) is 0 Å². The van der Waals surface area contributed by atoms with Crippen LogP contribution in [0.1, 0.15) is 51.9 Å². The van der Waals surface area contributed by atoms with E-state index < -0.39 is 0 Å². The van der Waals surface area contributed by atoms with Crippen LogP contribution in [0.25, 0.3) is 0 Å². The van der Waals surface area contributed by atoms with Crippen molar-refractivity contribution in [1.82, 2.24) is 0 Å². The monoisotopic (exact) mass is 208 g/mol. The molecule has 0 aliphatic heterocycles. The normalized spacial score (nSPS) is 47.7. The molecule has 2 nitrogen and oxygen atoms in total. The van der Waals surface area contributed by atoms with Crippen molar-refractivity contribution in [1.29, 1.82) is 0 Å². The number of hydrogen-bond acceptors (Lipinski definition) is 2. The van der Waals surface area contributed by atoms with E-state index in [1.54, 1.807) is 6.92 Å². The number of fused-ring (bicyclic) bond motifs is 6. The highest BCUT2D eigenvalue weighted by Gasteiger charge is 2.54. The van der Waals surface area contributed by atoms with Gasteiger partial charge in [-0.05, 0) is 62.7 Å². The van der Waals surface area contributed by atoms with Gasteiger partial charge in [-0.15, -0.1) is 0 Å². The minimum absolute atomic E-state index is 0.0399. The second-order valence-electron chi connectivity index (χ2n) is 5.78. The molecule has 3 fully saturated rings. The highest BCUT2D eigenvalue weighted by molar-refractivity contribution is 5.66. The summed E-state index contributed by atoms with van der Waals surface area (Å²) in [6.45, 7) is 1.57. The first-order valence-corrected chi connectivity index (χ1v) is 6.39. The summed E-state index contributed by atoms with van der Waals surface area (Å²) in [5.74, 6) is 2.43. The fraction of sp³-hybridized carbons (Fsp3) is 0.923. The van der Waals surface area contributed by atoms with Crippen LogP contribution >= 0.6 is 0 Å². The van der Waals surface area contributed by atoms with Gasteiger partial charge in [-0.3, -0.25) is 4.79 Å². The highest BCUT2D eigenvalue weighted by atomic mass is 16.6. The average Bonchev–Trinajstić information content (AvgIpc) is 2.62. The van der Waals surface area contributed by atoms with Crippen LogP contribution in [0.15, 0.2) is 0 Å². The quantitative estimate of drug-likeness (QED) is 0.619. The van der Waals surface area contributed by atoms with Gasteiger partial charge >= 0.3 is 5.97 Å². The van der Waals surface area contributed by atoms with Crippen LogP contribution in [-0.2, 0) is 9.53 Å². The minimum Gasteiger partial charge on any atom is -0.459 e. The van der Waals surface area contributed by atoms with E-state index >= 15 is 0 Å². The second-order valence-corrected chi connectivity index (χ2v) is 5.78. The Kier molecular flexibility index (Phi) is 2.08. The fourth-order valence-corrected chi connectivity index (χ4v) is 4.47. The summed E-state index contributed by atoms with van der Waals surface area (Å²) in [6.07, 6.45) is 8.96. The molecule has 3 rings (SSSR count). The molecule has 3 saturated carbocycles.